The third kappa shape index (κ3) is 2.27. The largest absolute Gasteiger partial charge is 0.448 e. The van der Waals surface area contributed by atoms with Gasteiger partial charge in [-0.05, 0) is 22.5 Å². The summed E-state index contributed by atoms with van der Waals surface area (Å²) in [5, 5.41) is 0. The number of halogens is 1. The lowest BCUT2D eigenvalue weighted by Crippen LogP contribution is -2.48. The van der Waals surface area contributed by atoms with Crippen LogP contribution in [0.3, 0.4) is 0 Å². The van der Waals surface area contributed by atoms with E-state index in [0.717, 1.165) is 43.8 Å². The molecule has 0 bridgehead atoms. The number of aryl methyl sites for hydroxylation is 1. The predicted octanol–water partition coefficient (Wildman–Crippen LogP) is 2.31. The molecular formula is C14H18BrN3O2. The average Bonchev–Trinajstić information content (AvgIpc) is 2.96. The van der Waals surface area contributed by atoms with Crippen molar-refractivity contribution in [3.05, 3.63) is 22.5 Å². The van der Waals surface area contributed by atoms with Crippen LogP contribution in [-0.4, -0.2) is 53.0 Å². The van der Waals surface area contributed by atoms with Crippen LogP contribution >= 0.6 is 15.9 Å². The first-order chi connectivity index (χ1) is 9.60. The van der Waals surface area contributed by atoms with Crippen molar-refractivity contribution < 1.29 is 9.21 Å². The van der Waals surface area contributed by atoms with Crippen molar-refractivity contribution in [3.63, 3.8) is 0 Å². The maximum absolute atomic E-state index is 12.6. The van der Waals surface area contributed by atoms with E-state index in [1.807, 2.05) is 28.6 Å². The van der Waals surface area contributed by atoms with E-state index in [2.05, 4.69) is 27.8 Å². The van der Waals surface area contributed by atoms with Crippen molar-refractivity contribution >= 4 is 32.9 Å². The Balaban J connectivity index is 1.82. The highest BCUT2D eigenvalue weighted by molar-refractivity contribution is 9.10. The lowest BCUT2D eigenvalue weighted by molar-refractivity contribution is 0.0634. The van der Waals surface area contributed by atoms with E-state index in [0.29, 0.717) is 10.4 Å². The lowest BCUT2D eigenvalue weighted by atomic mass is 10.2. The van der Waals surface area contributed by atoms with Gasteiger partial charge in [-0.2, -0.15) is 0 Å². The number of likely N-dealkylation sites (N-methyl/N-ethyl adjacent to an activating group) is 1. The number of piperazine rings is 1. The number of fused-ring (bicyclic) bond motifs is 1. The van der Waals surface area contributed by atoms with Crippen molar-refractivity contribution in [2.45, 2.75) is 6.92 Å². The van der Waals surface area contributed by atoms with Crippen LogP contribution in [0.2, 0.25) is 0 Å². The van der Waals surface area contributed by atoms with Gasteiger partial charge in [0.15, 0.2) is 10.3 Å². The normalized spacial score (nSPS) is 17.1. The molecule has 1 fully saturated rings. The van der Waals surface area contributed by atoms with Crippen LogP contribution in [0.15, 0.2) is 21.2 Å². The quantitative estimate of drug-likeness (QED) is 0.843. The fraction of sp³-hybridized carbons (Fsp3) is 0.500. The van der Waals surface area contributed by atoms with Crippen LogP contribution in [-0.2, 0) is 7.05 Å². The monoisotopic (exact) mass is 339 g/mol. The zero-order valence-corrected chi connectivity index (χ0v) is 13.3. The molecule has 2 aromatic heterocycles. The van der Waals surface area contributed by atoms with Gasteiger partial charge >= 0.3 is 0 Å². The van der Waals surface area contributed by atoms with Crippen molar-refractivity contribution in [2.24, 2.45) is 7.05 Å². The SMILES string of the molecule is CCN1CCN(C(=O)c2cc3oc(Br)cc3n2C)CC1. The van der Waals surface area contributed by atoms with Gasteiger partial charge in [-0.3, -0.25) is 4.79 Å². The molecule has 0 atom stereocenters. The summed E-state index contributed by atoms with van der Waals surface area (Å²) in [5.41, 5.74) is 2.37. The van der Waals surface area contributed by atoms with Gasteiger partial charge < -0.3 is 18.8 Å². The number of furan rings is 1. The molecule has 6 heteroatoms. The van der Waals surface area contributed by atoms with Gasteiger partial charge in [0.05, 0.1) is 5.52 Å². The molecule has 0 spiro atoms. The van der Waals surface area contributed by atoms with Crippen LogP contribution in [0, 0.1) is 0 Å². The zero-order chi connectivity index (χ0) is 14.3. The third-order valence-corrected chi connectivity index (χ3v) is 4.42. The minimum atomic E-state index is 0.0887. The second-order valence-corrected chi connectivity index (χ2v) is 5.90. The van der Waals surface area contributed by atoms with Crippen LogP contribution < -0.4 is 0 Å². The van der Waals surface area contributed by atoms with E-state index < -0.39 is 0 Å². The molecule has 0 aromatic carbocycles. The second kappa shape index (κ2) is 5.26. The smallest absolute Gasteiger partial charge is 0.270 e. The highest BCUT2D eigenvalue weighted by Crippen LogP contribution is 2.26. The molecule has 0 unspecified atom stereocenters. The summed E-state index contributed by atoms with van der Waals surface area (Å²) in [6, 6.07) is 3.72. The number of amides is 1. The van der Waals surface area contributed by atoms with E-state index in [-0.39, 0.29) is 5.91 Å². The minimum absolute atomic E-state index is 0.0887. The summed E-state index contributed by atoms with van der Waals surface area (Å²) in [4.78, 5) is 16.9. The predicted molar refractivity (Wildman–Crippen MR) is 80.9 cm³/mol. The van der Waals surface area contributed by atoms with E-state index in [9.17, 15) is 4.79 Å². The van der Waals surface area contributed by atoms with Gasteiger partial charge in [0.2, 0.25) is 0 Å². The Hall–Kier alpha value is -1.27. The topological polar surface area (TPSA) is 41.6 Å². The van der Waals surface area contributed by atoms with E-state index in [4.69, 9.17) is 4.42 Å². The number of hydrogen-bond donors (Lipinski definition) is 0. The van der Waals surface area contributed by atoms with Crippen molar-refractivity contribution in [2.75, 3.05) is 32.7 Å². The molecule has 5 nitrogen and oxygen atoms in total. The van der Waals surface area contributed by atoms with Crippen molar-refractivity contribution in [1.82, 2.24) is 14.4 Å². The molecular weight excluding hydrogens is 322 g/mol. The number of rotatable bonds is 2. The molecule has 1 aliphatic rings. The van der Waals surface area contributed by atoms with Gasteiger partial charge in [0.1, 0.15) is 5.69 Å². The first kappa shape index (κ1) is 13.7. The summed E-state index contributed by atoms with van der Waals surface area (Å²) in [6.45, 7) is 6.70. The number of aromatic nitrogens is 1. The summed E-state index contributed by atoms with van der Waals surface area (Å²) < 4.78 is 8.11. The standard InChI is InChI=1S/C14H18BrN3O2/c1-3-17-4-6-18(7-5-17)14(19)11-8-12-10(16(11)2)9-13(15)20-12/h8-9H,3-7H2,1-2H3. The minimum Gasteiger partial charge on any atom is -0.448 e. The van der Waals surface area contributed by atoms with E-state index >= 15 is 0 Å². The highest BCUT2D eigenvalue weighted by Gasteiger charge is 2.24. The maximum atomic E-state index is 12.6. The van der Waals surface area contributed by atoms with Crippen LogP contribution in [0.5, 0.6) is 0 Å². The second-order valence-electron chi connectivity index (χ2n) is 5.12. The Morgan fingerprint density at radius 3 is 2.60 bits per heavy atom. The first-order valence-electron chi connectivity index (χ1n) is 6.86. The molecule has 20 heavy (non-hydrogen) atoms. The zero-order valence-electron chi connectivity index (χ0n) is 11.7. The molecule has 1 aliphatic heterocycles. The number of hydrogen-bond acceptors (Lipinski definition) is 3. The number of nitrogens with zero attached hydrogens (tertiary/aromatic N) is 3. The average molecular weight is 340 g/mol. The molecule has 0 N–H and O–H groups in total. The molecule has 0 saturated carbocycles. The van der Waals surface area contributed by atoms with Crippen LogP contribution in [0.25, 0.3) is 11.1 Å². The molecule has 3 rings (SSSR count). The Bertz CT molecular complexity index is 638. The van der Waals surface area contributed by atoms with Gasteiger partial charge in [0.25, 0.3) is 5.91 Å². The molecule has 0 radical (unpaired) electrons. The Kier molecular flexibility index (Phi) is 3.60. The highest BCUT2D eigenvalue weighted by atomic mass is 79.9. The molecule has 1 saturated heterocycles. The fourth-order valence-electron chi connectivity index (χ4n) is 2.72. The molecule has 1 amide bonds. The van der Waals surface area contributed by atoms with Crippen molar-refractivity contribution in [3.8, 4) is 0 Å². The van der Waals surface area contributed by atoms with Crippen molar-refractivity contribution in [1.29, 1.82) is 0 Å². The summed E-state index contributed by atoms with van der Waals surface area (Å²) in [6.07, 6.45) is 0. The summed E-state index contributed by atoms with van der Waals surface area (Å²) in [7, 11) is 1.90. The van der Waals surface area contributed by atoms with E-state index in [1.165, 1.54) is 0 Å². The Morgan fingerprint density at radius 2 is 2.00 bits per heavy atom. The van der Waals surface area contributed by atoms with Gasteiger partial charge in [-0.15, -0.1) is 0 Å². The summed E-state index contributed by atoms with van der Waals surface area (Å²) in [5.74, 6) is 0.0887. The maximum Gasteiger partial charge on any atom is 0.270 e. The number of carbonyl (C=O) groups excluding carboxylic acids is 1. The third-order valence-electron chi connectivity index (χ3n) is 4.03. The van der Waals surface area contributed by atoms with Gasteiger partial charge in [-0.1, -0.05) is 6.92 Å². The van der Waals surface area contributed by atoms with E-state index in [1.54, 1.807) is 0 Å². The van der Waals surface area contributed by atoms with Crippen LogP contribution in [0.4, 0.5) is 0 Å². The van der Waals surface area contributed by atoms with Crippen LogP contribution in [0.1, 0.15) is 17.4 Å². The first-order valence-corrected chi connectivity index (χ1v) is 7.66. The lowest BCUT2D eigenvalue weighted by Gasteiger charge is -2.34. The number of carbonyl (C=O) groups is 1. The Morgan fingerprint density at radius 1 is 1.30 bits per heavy atom. The molecule has 3 heterocycles. The molecule has 2 aromatic rings. The fourth-order valence-corrected chi connectivity index (χ4v) is 3.11. The molecule has 108 valence electrons. The van der Waals surface area contributed by atoms with Gasteiger partial charge in [0, 0.05) is 45.4 Å². The summed E-state index contributed by atoms with van der Waals surface area (Å²) >= 11 is 3.31. The molecule has 0 aliphatic carbocycles. The Labute approximate surface area is 126 Å². The van der Waals surface area contributed by atoms with Gasteiger partial charge in [-0.25, -0.2) is 0 Å².